The maximum atomic E-state index is 12.8. The second-order valence-electron chi connectivity index (χ2n) is 7.25. The van der Waals surface area contributed by atoms with Crippen molar-refractivity contribution in [2.45, 2.75) is 12.8 Å². The van der Waals surface area contributed by atoms with Crippen molar-refractivity contribution < 1.29 is 28.5 Å². The van der Waals surface area contributed by atoms with Crippen molar-refractivity contribution in [1.82, 2.24) is 0 Å². The average molecular weight is 412 g/mol. The fourth-order valence-corrected chi connectivity index (χ4v) is 3.84. The van der Waals surface area contributed by atoms with Crippen molar-refractivity contribution >= 4 is 17.6 Å². The van der Waals surface area contributed by atoms with E-state index in [4.69, 9.17) is 29.1 Å². The van der Waals surface area contributed by atoms with Gasteiger partial charge in [0.25, 0.3) is 0 Å². The van der Waals surface area contributed by atoms with Gasteiger partial charge in [0.2, 0.25) is 18.4 Å². The maximum Gasteiger partial charge on any atom is 0.319 e. The number of hydrogen-bond acceptors (Lipinski definition) is 8. The molecule has 8 nitrogen and oxygen atoms in total. The van der Waals surface area contributed by atoms with E-state index >= 15 is 0 Å². The van der Waals surface area contributed by atoms with Gasteiger partial charge in [0.05, 0.1) is 13.7 Å². The molecule has 1 N–H and O–H groups in total. The van der Waals surface area contributed by atoms with Crippen LogP contribution in [0.2, 0.25) is 0 Å². The third-order valence-corrected chi connectivity index (χ3v) is 5.26. The van der Waals surface area contributed by atoms with Gasteiger partial charge in [-0.05, 0) is 30.7 Å². The number of esters is 1. The molecular weight excluding hydrogens is 388 g/mol. The van der Waals surface area contributed by atoms with Gasteiger partial charge in [0.1, 0.15) is 11.7 Å². The highest BCUT2D eigenvalue weighted by molar-refractivity contribution is 6.00. The van der Waals surface area contributed by atoms with Gasteiger partial charge in [-0.1, -0.05) is 6.07 Å². The highest BCUT2D eigenvalue weighted by atomic mass is 16.7. The standard InChI is InChI=1S/C22H24N2O6/c1-5-27-22(25)19-18(12-8-16(26-4)20-17(9-12)28-11-29-20)14-7-6-13(24(2)3)10-15(14)30-21(19)23/h6-10,18-19,23H,5,11H2,1-4H3. The third-order valence-electron chi connectivity index (χ3n) is 5.26. The van der Waals surface area contributed by atoms with E-state index in [1.165, 1.54) is 0 Å². The van der Waals surface area contributed by atoms with Crippen LogP contribution in [0.3, 0.4) is 0 Å². The Morgan fingerprint density at radius 3 is 2.70 bits per heavy atom. The van der Waals surface area contributed by atoms with E-state index in [2.05, 4.69) is 0 Å². The molecule has 2 heterocycles. The molecule has 2 aromatic carbocycles. The summed E-state index contributed by atoms with van der Waals surface area (Å²) in [6.07, 6.45) is 0. The lowest BCUT2D eigenvalue weighted by atomic mass is 9.78. The molecule has 2 unspecified atom stereocenters. The Hall–Kier alpha value is -3.42. The molecule has 2 atom stereocenters. The molecule has 0 amide bonds. The number of benzene rings is 2. The highest BCUT2D eigenvalue weighted by Gasteiger charge is 2.43. The molecular formula is C22H24N2O6. The van der Waals surface area contributed by atoms with Crippen LogP contribution in [-0.2, 0) is 9.53 Å². The van der Waals surface area contributed by atoms with Crippen LogP contribution in [0.1, 0.15) is 24.0 Å². The Kier molecular flexibility index (Phi) is 5.15. The van der Waals surface area contributed by atoms with Crippen LogP contribution in [0, 0.1) is 11.3 Å². The zero-order valence-corrected chi connectivity index (χ0v) is 17.4. The van der Waals surface area contributed by atoms with E-state index < -0.39 is 17.8 Å². The summed E-state index contributed by atoms with van der Waals surface area (Å²) in [5, 5.41) is 8.47. The Morgan fingerprint density at radius 1 is 1.20 bits per heavy atom. The molecule has 2 aromatic rings. The van der Waals surface area contributed by atoms with Gasteiger partial charge in [-0.25, -0.2) is 0 Å². The maximum absolute atomic E-state index is 12.8. The van der Waals surface area contributed by atoms with Gasteiger partial charge in [-0.2, -0.15) is 0 Å². The predicted octanol–water partition coefficient (Wildman–Crippen LogP) is 3.17. The number of carbonyl (C=O) groups excluding carboxylic acids is 1. The van der Waals surface area contributed by atoms with Gasteiger partial charge in [0.15, 0.2) is 11.5 Å². The average Bonchev–Trinajstić information content (AvgIpc) is 3.20. The molecule has 8 heteroatoms. The summed E-state index contributed by atoms with van der Waals surface area (Å²) in [7, 11) is 5.40. The topological polar surface area (TPSA) is 90.3 Å². The number of methoxy groups -OCH3 is 1. The van der Waals surface area contributed by atoms with E-state index in [-0.39, 0.29) is 19.3 Å². The fourth-order valence-electron chi connectivity index (χ4n) is 3.84. The van der Waals surface area contributed by atoms with Gasteiger partial charge < -0.3 is 28.6 Å². The van der Waals surface area contributed by atoms with E-state index in [0.717, 1.165) is 16.8 Å². The lowest BCUT2D eigenvalue weighted by Crippen LogP contribution is -2.38. The zero-order chi connectivity index (χ0) is 21.4. The van der Waals surface area contributed by atoms with Gasteiger partial charge >= 0.3 is 5.97 Å². The lowest BCUT2D eigenvalue weighted by molar-refractivity contribution is -0.146. The van der Waals surface area contributed by atoms with Gasteiger partial charge in [-0.15, -0.1) is 0 Å². The zero-order valence-electron chi connectivity index (χ0n) is 17.4. The SMILES string of the molecule is CCOC(=O)C1C(=N)Oc2cc(N(C)C)ccc2C1c1cc(OC)c2c(c1)OCO2. The minimum Gasteiger partial charge on any atom is -0.493 e. The molecule has 2 aliphatic rings. The normalized spacial score (nSPS) is 19.0. The molecule has 0 radical (unpaired) electrons. The summed E-state index contributed by atoms with van der Waals surface area (Å²) in [5.74, 6) is 0.0220. The highest BCUT2D eigenvalue weighted by Crippen LogP contribution is 2.49. The molecule has 4 rings (SSSR count). The molecule has 158 valence electrons. The molecule has 0 bridgehead atoms. The first-order valence-corrected chi connectivity index (χ1v) is 9.66. The molecule has 0 aliphatic carbocycles. The minimum absolute atomic E-state index is 0.100. The van der Waals surface area contributed by atoms with Crippen molar-refractivity contribution in [3.05, 3.63) is 41.5 Å². The van der Waals surface area contributed by atoms with Crippen LogP contribution in [0.4, 0.5) is 5.69 Å². The first-order chi connectivity index (χ1) is 14.4. The summed E-state index contributed by atoms with van der Waals surface area (Å²) < 4.78 is 27.6. The Labute approximate surface area is 174 Å². The first-order valence-electron chi connectivity index (χ1n) is 9.66. The predicted molar refractivity (Wildman–Crippen MR) is 110 cm³/mol. The number of ether oxygens (including phenoxy) is 5. The van der Waals surface area contributed by atoms with E-state index in [1.807, 2.05) is 49.3 Å². The largest absolute Gasteiger partial charge is 0.493 e. The summed E-state index contributed by atoms with van der Waals surface area (Å²) in [4.78, 5) is 14.8. The lowest BCUT2D eigenvalue weighted by Gasteiger charge is -2.33. The van der Waals surface area contributed by atoms with Crippen LogP contribution < -0.4 is 23.8 Å². The van der Waals surface area contributed by atoms with Gasteiger partial charge in [0, 0.05) is 37.3 Å². The molecule has 0 spiro atoms. The number of hydrogen-bond donors (Lipinski definition) is 1. The molecule has 0 aromatic heterocycles. The molecule has 30 heavy (non-hydrogen) atoms. The number of nitrogens with zero attached hydrogens (tertiary/aromatic N) is 1. The monoisotopic (exact) mass is 412 g/mol. The summed E-state index contributed by atoms with van der Waals surface area (Å²) in [5.41, 5.74) is 2.47. The van der Waals surface area contributed by atoms with Crippen molar-refractivity contribution in [2.75, 3.05) is 39.5 Å². The van der Waals surface area contributed by atoms with Crippen LogP contribution in [-0.4, -0.2) is 46.5 Å². The van der Waals surface area contributed by atoms with Crippen molar-refractivity contribution in [2.24, 2.45) is 5.92 Å². The Bertz CT molecular complexity index is 1000. The summed E-state index contributed by atoms with van der Waals surface area (Å²) in [6.45, 7) is 2.05. The first kappa shape index (κ1) is 19.9. The summed E-state index contributed by atoms with van der Waals surface area (Å²) >= 11 is 0. The summed E-state index contributed by atoms with van der Waals surface area (Å²) in [6, 6.07) is 9.38. The number of carbonyl (C=O) groups is 1. The quantitative estimate of drug-likeness (QED) is 0.755. The third kappa shape index (κ3) is 3.28. The van der Waals surface area contributed by atoms with E-state index in [9.17, 15) is 4.79 Å². The van der Waals surface area contributed by atoms with Gasteiger partial charge in [-0.3, -0.25) is 10.2 Å². The van der Waals surface area contributed by atoms with Crippen molar-refractivity contribution in [3.8, 4) is 23.0 Å². The smallest absolute Gasteiger partial charge is 0.319 e. The van der Waals surface area contributed by atoms with Crippen LogP contribution in [0.25, 0.3) is 0 Å². The van der Waals surface area contributed by atoms with Crippen LogP contribution in [0.5, 0.6) is 23.0 Å². The molecule has 0 fully saturated rings. The number of fused-ring (bicyclic) bond motifs is 2. The molecule has 0 saturated carbocycles. The van der Waals surface area contributed by atoms with Crippen LogP contribution >= 0.6 is 0 Å². The number of rotatable bonds is 5. The van der Waals surface area contributed by atoms with E-state index in [1.54, 1.807) is 14.0 Å². The van der Waals surface area contributed by atoms with Crippen molar-refractivity contribution in [1.29, 1.82) is 5.41 Å². The van der Waals surface area contributed by atoms with Crippen LogP contribution in [0.15, 0.2) is 30.3 Å². The second kappa shape index (κ2) is 7.78. The number of anilines is 1. The molecule has 0 saturated heterocycles. The molecule has 2 aliphatic heterocycles. The number of nitrogens with one attached hydrogen (secondary N) is 1. The minimum atomic E-state index is -0.923. The van der Waals surface area contributed by atoms with E-state index in [0.29, 0.717) is 23.0 Å². The fraction of sp³-hybridized carbons (Fsp3) is 0.364. The second-order valence-corrected chi connectivity index (χ2v) is 7.25. The Morgan fingerprint density at radius 2 is 2.00 bits per heavy atom. The Balaban J connectivity index is 1.89. The van der Waals surface area contributed by atoms with Crippen molar-refractivity contribution in [3.63, 3.8) is 0 Å².